The van der Waals surface area contributed by atoms with Crippen LogP contribution in [-0.4, -0.2) is 6.61 Å². The molecular formula is C13H17NO. The summed E-state index contributed by atoms with van der Waals surface area (Å²) in [5.41, 5.74) is 1.93. The van der Waals surface area contributed by atoms with Crippen LogP contribution in [0.4, 0.5) is 0 Å². The van der Waals surface area contributed by atoms with Gasteiger partial charge in [-0.15, -0.1) is 0 Å². The maximum atomic E-state index is 8.85. The number of nitrogens with zero attached hydrogens (tertiary/aromatic N) is 1. The zero-order valence-corrected chi connectivity index (χ0v) is 9.79. The lowest BCUT2D eigenvalue weighted by Gasteiger charge is -2.16. The Kier molecular flexibility index (Phi) is 3.36. The summed E-state index contributed by atoms with van der Waals surface area (Å²) in [6, 6.07) is 8.29. The van der Waals surface area contributed by atoms with E-state index in [1.165, 1.54) is 11.1 Å². The molecule has 0 spiro atoms. The first-order valence-corrected chi connectivity index (χ1v) is 5.05. The molecule has 1 rings (SSSR count). The van der Waals surface area contributed by atoms with Gasteiger partial charge < -0.3 is 4.74 Å². The molecule has 1 aromatic rings. The molecule has 0 amide bonds. The molecule has 0 fully saturated rings. The summed E-state index contributed by atoms with van der Waals surface area (Å²) in [5, 5.41) is 8.85. The molecule has 0 aromatic heterocycles. The van der Waals surface area contributed by atoms with Crippen molar-refractivity contribution in [2.24, 2.45) is 5.41 Å². The third kappa shape index (κ3) is 3.63. The van der Waals surface area contributed by atoms with Crippen molar-refractivity contribution in [3.05, 3.63) is 29.3 Å². The molecule has 0 aliphatic carbocycles. The Morgan fingerprint density at radius 3 is 2.20 bits per heavy atom. The molecule has 2 nitrogen and oxygen atoms in total. The van der Waals surface area contributed by atoms with Crippen molar-refractivity contribution in [2.45, 2.75) is 27.7 Å². The first-order chi connectivity index (χ1) is 6.93. The molecule has 15 heavy (non-hydrogen) atoms. The first kappa shape index (κ1) is 11.6. The van der Waals surface area contributed by atoms with Crippen LogP contribution in [0.3, 0.4) is 0 Å². The smallest absolute Gasteiger partial charge is 0.119 e. The summed E-state index contributed by atoms with van der Waals surface area (Å²) < 4.78 is 5.60. The zero-order valence-electron chi connectivity index (χ0n) is 9.79. The molecule has 0 saturated carbocycles. The molecule has 1 aromatic carbocycles. The van der Waals surface area contributed by atoms with Crippen molar-refractivity contribution in [3.8, 4) is 11.8 Å². The second kappa shape index (κ2) is 4.35. The Morgan fingerprint density at radius 1 is 1.20 bits per heavy atom. The van der Waals surface area contributed by atoms with Crippen molar-refractivity contribution in [1.82, 2.24) is 0 Å². The van der Waals surface area contributed by atoms with Crippen molar-refractivity contribution < 1.29 is 4.74 Å². The molecule has 0 aliphatic heterocycles. The highest BCUT2D eigenvalue weighted by Gasteiger charge is 2.17. The predicted molar refractivity (Wildman–Crippen MR) is 60.8 cm³/mol. The number of rotatable bonds is 3. The number of aryl methyl sites for hydroxylation is 2. The van der Waals surface area contributed by atoms with E-state index in [-0.39, 0.29) is 0 Å². The quantitative estimate of drug-likeness (QED) is 0.755. The van der Waals surface area contributed by atoms with Crippen LogP contribution in [0, 0.1) is 30.6 Å². The van der Waals surface area contributed by atoms with Crippen molar-refractivity contribution in [1.29, 1.82) is 5.26 Å². The van der Waals surface area contributed by atoms with Crippen LogP contribution in [0.5, 0.6) is 5.75 Å². The predicted octanol–water partition coefficient (Wildman–Crippen LogP) is 3.23. The average Bonchev–Trinajstić information content (AvgIpc) is 2.14. The lowest BCUT2D eigenvalue weighted by Crippen LogP contribution is -2.19. The average molecular weight is 203 g/mol. The Morgan fingerprint density at radius 2 is 1.73 bits per heavy atom. The summed E-state index contributed by atoms with van der Waals surface area (Å²) >= 11 is 0. The van der Waals surface area contributed by atoms with E-state index in [1.807, 2.05) is 39.8 Å². The Balaban J connectivity index is 2.71. The Bertz CT molecular complexity index is 368. The monoisotopic (exact) mass is 203 g/mol. The van der Waals surface area contributed by atoms with Gasteiger partial charge >= 0.3 is 0 Å². The van der Waals surface area contributed by atoms with E-state index in [2.05, 4.69) is 12.1 Å². The van der Waals surface area contributed by atoms with E-state index in [1.54, 1.807) is 0 Å². The van der Waals surface area contributed by atoms with Gasteiger partial charge in [0.25, 0.3) is 0 Å². The Hall–Kier alpha value is -1.49. The lowest BCUT2D eigenvalue weighted by molar-refractivity contribution is 0.227. The number of hydrogen-bond acceptors (Lipinski definition) is 2. The fraction of sp³-hybridized carbons (Fsp3) is 0.462. The SMILES string of the molecule is Cc1cc(C)cc(OCC(C)(C)C#N)c1. The van der Waals surface area contributed by atoms with E-state index in [0.717, 1.165) is 5.75 Å². The third-order valence-electron chi connectivity index (χ3n) is 2.10. The van der Waals surface area contributed by atoms with Gasteiger partial charge in [0.2, 0.25) is 0 Å². The minimum Gasteiger partial charge on any atom is -0.492 e. The van der Waals surface area contributed by atoms with Crippen molar-refractivity contribution in [3.63, 3.8) is 0 Å². The second-order valence-corrected chi connectivity index (χ2v) is 4.61. The first-order valence-electron chi connectivity index (χ1n) is 5.05. The van der Waals surface area contributed by atoms with Crippen LogP contribution in [0.1, 0.15) is 25.0 Å². The van der Waals surface area contributed by atoms with Crippen LogP contribution in [0.15, 0.2) is 18.2 Å². The summed E-state index contributed by atoms with van der Waals surface area (Å²) in [4.78, 5) is 0. The topological polar surface area (TPSA) is 33.0 Å². The molecule has 0 bridgehead atoms. The molecule has 0 N–H and O–H groups in total. The third-order valence-corrected chi connectivity index (χ3v) is 2.10. The molecule has 0 saturated heterocycles. The fourth-order valence-electron chi connectivity index (χ4n) is 1.31. The van der Waals surface area contributed by atoms with Gasteiger partial charge in [-0.25, -0.2) is 0 Å². The van der Waals surface area contributed by atoms with Crippen LogP contribution >= 0.6 is 0 Å². The second-order valence-electron chi connectivity index (χ2n) is 4.61. The van der Waals surface area contributed by atoms with Gasteiger partial charge in [-0.2, -0.15) is 5.26 Å². The summed E-state index contributed by atoms with van der Waals surface area (Å²) in [6.45, 7) is 8.24. The largest absolute Gasteiger partial charge is 0.492 e. The molecule has 0 unspecified atom stereocenters. The lowest BCUT2D eigenvalue weighted by atomic mass is 9.98. The van der Waals surface area contributed by atoms with Gasteiger partial charge in [-0.1, -0.05) is 6.07 Å². The number of nitriles is 1. The zero-order chi connectivity index (χ0) is 11.5. The highest BCUT2D eigenvalue weighted by Crippen LogP contribution is 2.20. The summed E-state index contributed by atoms with van der Waals surface area (Å²) in [5.74, 6) is 0.843. The molecule has 0 heterocycles. The fourth-order valence-corrected chi connectivity index (χ4v) is 1.31. The van der Waals surface area contributed by atoms with Gasteiger partial charge in [-0.05, 0) is 51.0 Å². The van der Waals surface area contributed by atoms with Gasteiger partial charge in [0.1, 0.15) is 12.4 Å². The van der Waals surface area contributed by atoms with Gasteiger partial charge in [-0.3, -0.25) is 0 Å². The van der Waals surface area contributed by atoms with Crippen LogP contribution < -0.4 is 4.74 Å². The van der Waals surface area contributed by atoms with Crippen molar-refractivity contribution >= 4 is 0 Å². The highest BCUT2D eigenvalue weighted by atomic mass is 16.5. The molecule has 2 heteroatoms. The maximum absolute atomic E-state index is 8.85. The van der Waals surface area contributed by atoms with Crippen LogP contribution in [-0.2, 0) is 0 Å². The minimum absolute atomic E-state index is 0.423. The van der Waals surface area contributed by atoms with E-state index in [4.69, 9.17) is 10.00 Å². The van der Waals surface area contributed by atoms with Gasteiger partial charge in [0, 0.05) is 0 Å². The number of benzene rings is 1. The normalized spacial score (nSPS) is 10.9. The molecule has 0 atom stereocenters. The summed E-state index contributed by atoms with van der Waals surface area (Å²) in [7, 11) is 0. The van der Waals surface area contributed by atoms with E-state index in [9.17, 15) is 0 Å². The highest BCUT2D eigenvalue weighted by molar-refractivity contribution is 5.33. The number of hydrogen-bond donors (Lipinski definition) is 0. The van der Waals surface area contributed by atoms with E-state index >= 15 is 0 Å². The molecule has 80 valence electrons. The maximum Gasteiger partial charge on any atom is 0.119 e. The molecular weight excluding hydrogens is 186 g/mol. The van der Waals surface area contributed by atoms with Gasteiger partial charge in [0.15, 0.2) is 0 Å². The summed E-state index contributed by atoms with van der Waals surface area (Å²) in [6.07, 6.45) is 0. The molecule has 0 aliphatic rings. The molecule has 0 radical (unpaired) electrons. The Labute approximate surface area is 91.5 Å². The minimum atomic E-state index is -0.433. The van der Waals surface area contributed by atoms with Crippen LogP contribution in [0.2, 0.25) is 0 Å². The van der Waals surface area contributed by atoms with E-state index in [0.29, 0.717) is 6.61 Å². The number of ether oxygens (including phenoxy) is 1. The standard InChI is InChI=1S/C13H17NO/c1-10-5-11(2)7-12(6-10)15-9-13(3,4)8-14/h5-7H,9H2,1-4H3. The van der Waals surface area contributed by atoms with E-state index < -0.39 is 5.41 Å². The van der Waals surface area contributed by atoms with Crippen molar-refractivity contribution in [2.75, 3.05) is 6.61 Å². The van der Waals surface area contributed by atoms with Crippen LogP contribution in [0.25, 0.3) is 0 Å². The van der Waals surface area contributed by atoms with Gasteiger partial charge in [0.05, 0.1) is 11.5 Å².